The summed E-state index contributed by atoms with van der Waals surface area (Å²) in [5, 5.41) is 2.67. The lowest BCUT2D eigenvalue weighted by Crippen LogP contribution is -2.21. The molecule has 0 fully saturated rings. The highest BCUT2D eigenvalue weighted by Gasteiger charge is 2.35. The molecule has 1 heterocycles. The van der Waals surface area contributed by atoms with Crippen LogP contribution in [0.3, 0.4) is 0 Å². The number of hydrogen-bond acceptors (Lipinski definition) is 2. The molecule has 3 aromatic carbocycles. The summed E-state index contributed by atoms with van der Waals surface area (Å²) in [6.45, 7) is 0.741. The Hall–Kier alpha value is -3.28. The van der Waals surface area contributed by atoms with Crippen molar-refractivity contribution in [2.75, 3.05) is 16.8 Å². The summed E-state index contributed by atoms with van der Waals surface area (Å²) in [7, 11) is 0. The fourth-order valence-corrected chi connectivity index (χ4v) is 3.52. The molecule has 28 heavy (non-hydrogen) atoms. The molecule has 1 amide bonds. The lowest BCUT2D eigenvalue weighted by molar-refractivity contribution is -0.137. The van der Waals surface area contributed by atoms with Crippen molar-refractivity contribution in [2.24, 2.45) is 0 Å². The predicted octanol–water partition coefficient (Wildman–Crippen LogP) is 5.65. The van der Waals surface area contributed by atoms with Gasteiger partial charge in [-0.2, -0.15) is 13.2 Å². The first-order valence-electron chi connectivity index (χ1n) is 8.87. The summed E-state index contributed by atoms with van der Waals surface area (Å²) >= 11 is 0. The van der Waals surface area contributed by atoms with E-state index in [1.165, 1.54) is 23.8 Å². The van der Waals surface area contributed by atoms with Crippen LogP contribution in [0.25, 0.3) is 0 Å². The highest BCUT2D eigenvalue weighted by Crippen LogP contribution is 2.38. The SMILES string of the molecule is O=C(Nc1ccccc1N1CCc2ccccc21)c1ccccc1C(F)(F)F. The van der Waals surface area contributed by atoms with Crippen molar-refractivity contribution in [3.63, 3.8) is 0 Å². The van der Waals surface area contributed by atoms with Gasteiger partial charge >= 0.3 is 6.18 Å². The van der Waals surface area contributed by atoms with E-state index >= 15 is 0 Å². The van der Waals surface area contributed by atoms with Gasteiger partial charge in [0, 0.05) is 12.2 Å². The molecule has 1 aliphatic rings. The van der Waals surface area contributed by atoms with Gasteiger partial charge in [-0.3, -0.25) is 4.79 Å². The second-order valence-corrected chi connectivity index (χ2v) is 6.54. The average molecular weight is 382 g/mol. The Kier molecular flexibility index (Phi) is 4.55. The normalized spacial score (nSPS) is 13.3. The van der Waals surface area contributed by atoms with Crippen LogP contribution in [-0.2, 0) is 12.6 Å². The van der Waals surface area contributed by atoms with E-state index in [0.29, 0.717) is 5.69 Å². The summed E-state index contributed by atoms with van der Waals surface area (Å²) in [5.41, 5.74) is 2.13. The minimum absolute atomic E-state index is 0.397. The molecule has 3 aromatic rings. The molecule has 0 unspecified atom stereocenters. The zero-order valence-electron chi connectivity index (χ0n) is 14.8. The van der Waals surface area contributed by atoms with Crippen molar-refractivity contribution in [3.05, 3.63) is 89.5 Å². The number of amides is 1. The van der Waals surface area contributed by atoms with E-state index in [0.717, 1.165) is 30.4 Å². The van der Waals surface area contributed by atoms with Crippen LogP contribution in [0.5, 0.6) is 0 Å². The number of carbonyl (C=O) groups excluding carboxylic acids is 1. The maximum atomic E-state index is 13.2. The molecule has 0 saturated carbocycles. The topological polar surface area (TPSA) is 32.3 Å². The third kappa shape index (κ3) is 3.33. The van der Waals surface area contributed by atoms with Crippen molar-refractivity contribution < 1.29 is 18.0 Å². The number of nitrogens with zero attached hydrogens (tertiary/aromatic N) is 1. The lowest BCUT2D eigenvalue weighted by atomic mass is 10.1. The molecule has 0 saturated heterocycles. The maximum Gasteiger partial charge on any atom is 0.417 e. The summed E-state index contributed by atoms with van der Waals surface area (Å²) in [6.07, 6.45) is -3.73. The smallest absolute Gasteiger partial charge is 0.339 e. The highest BCUT2D eigenvalue weighted by atomic mass is 19.4. The minimum Gasteiger partial charge on any atom is -0.339 e. The third-order valence-corrected chi connectivity index (χ3v) is 4.81. The Morgan fingerprint density at radius 3 is 2.29 bits per heavy atom. The van der Waals surface area contributed by atoms with E-state index in [4.69, 9.17) is 0 Å². The highest BCUT2D eigenvalue weighted by molar-refractivity contribution is 6.07. The number of nitrogens with one attached hydrogen (secondary N) is 1. The molecule has 6 heteroatoms. The van der Waals surface area contributed by atoms with Crippen LogP contribution >= 0.6 is 0 Å². The van der Waals surface area contributed by atoms with Gasteiger partial charge in [-0.25, -0.2) is 0 Å². The second kappa shape index (κ2) is 7.03. The van der Waals surface area contributed by atoms with Gasteiger partial charge in [0.25, 0.3) is 5.91 Å². The fourth-order valence-electron chi connectivity index (χ4n) is 3.52. The first-order valence-corrected chi connectivity index (χ1v) is 8.87. The maximum absolute atomic E-state index is 13.2. The van der Waals surface area contributed by atoms with Crippen LogP contribution in [0, 0.1) is 0 Å². The molecular weight excluding hydrogens is 365 g/mol. The van der Waals surface area contributed by atoms with Gasteiger partial charge in [0.1, 0.15) is 0 Å². The Labute approximate surface area is 160 Å². The van der Waals surface area contributed by atoms with Gasteiger partial charge in [-0.05, 0) is 42.3 Å². The molecule has 1 N–H and O–H groups in total. The van der Waals surface area contributed by atoms with E-state index in [-0.39, 0.29) is 0 Å². The monoisotopic (exact) mass is 382 g/mol. The molecule has 0 spiro atoms. The molecule has 0 bridgehead atoms. The van der Waals surface area contributed by atoms with Crippen molar-refractivity contribution in [3.8, 4) is 0 Å². The summed E-state index contributed by atoms with van der Waals surface area (Å²) in [4.78, 5) is 14.7. The third-order valence-electron chi connectivity index (χ3n) is 4.81. The molecule has 142 valence electrons. The van der Waals surface area contributed by atoms with E-state index in [1.807, 2.05) is 30.3 Å². The van der Waals surface area contributed by atoms with Crippen molar-refractivity contribution in [1.29, 1.82) is 0 Å². The van der Waals surface area contributed by atoms with Gasteiger partial charge in [0.15, 0.2) is 0 Å². The number of anilines is 3. The second-order valence-electron chi connectivity index (χ2n) is 6.54. The summed E-state index contributed by atoms with van der Waals surface area (Å²) in [6, 6.07) is 19.9. The summed E-state index contributed by atoms with van der Waals surface area (Å²) < 4.78 is 39.7. The average Bonchev–Trinajstić information content (AvgIpc) is 3.12. The van der Waals surface area contributed by atoms with Crippen LogP contribution in [0.15, 0.2) is 72.8 Å². The van der Waals surface area contributed by atoms with Crippen LogP contribution in [0.1, 0.15) is 21.5 Å². The molecule has 0 atom stereocenters. The molecule has 1 aliphatic heterocycles. The molecule has 3 nitrogen and oxygen atoms in total. The molecule has 0 aromatic heterocycles. The fraction of sp³-hybridized carbons (Fsp3) is 0.136. The number of benzene rings is 3. The van der Waals surface area contributed by atoms with Crippen molar-refractivity contribution in [1.82, 2.24) is 0 Å². The number of fused-ring (bicyclic) bond motifs is 1. The molecule has 4 rings (SSSR count). The lowest BCUT2D eigenvalue weighted by Gasteiger charge is -2.23. The standard InChI is InChI=1S/C22H17F3N2O/c23-22(24,25)17-9-3-2-8-16(17)21(28)26-18-10-4-6-12-20(18)27-14-13-15-7-1-5-11-19(15)27/h1-12H,13-14H2,(H,26,28). The van der Waals surface area contributed by atoms with Gasteiger partial charge in [-0.15, -0.1) is 0 Å². The Morgan fingerprint density at radius 1 is 0.857 bits per heavy atom. The van der Waals surface area contributed by atoms with Gasteiger partial charge < -0.3 is 10.2 Å². The number of para-hydroxylation sites is 3. The quantitative estimate of drug-likeness (QED) is 0.635. The molecule has 0 radical (unpaired) electrons. The van der Waals surface area contributed by atoms with Crippen LogP contribution in [-0.4, -0.2) is 12.5 Å². The number of hydrogen-bond donors (Lipinski definition) is 1. The minimum atomic E-state index is -4.60. The number of alkyl halides is 3. The van der Waals surface area contributed by atoms with E-state index in [1.54, 1.807) is 12.1 Å². The predicted molar refractivity (Wildman–Crippen MR) is 103 cm³/mol. The zero-order chi connectivity index (χ0) is 19.7. The largest absolute Gasteiger partial charge is 0.417 e. The molecule has 0 aliphatic carbocycles. The van der Waals surface area contributed by atoms with E-state index in [9.17, 15) is 18.0 Å². The van der Waals surface area contributed by atoms with Crippen LogP contribution < -0.4 is 10.2 Å². The van der Waals surface area contributed by atoms with Crippen LogP contribution in [0.4, 0.5) is 30.2 Å². The van der Waals surface area contributed by atoms with Gasteiger partial charge in [0.05, 0.1) is 22.5 Å². The Bertz CT molecular complexity index is 1030. The Balaban J connectivity index is 1.67. The van der Waals surface area contributed by atoms with Crippen molar-refractivity contribution >= 4 is 23.0 Å². The zero-order valence-corrected chi connectivity index (χ0v) is 14.8. The number of halogens is 3. The Morgan fingerprint density at radius 2 is 1.50 bits per heavy atom. The van der Waals surface area contributed by atoms with Gasteiger partial charge in [0.2, 0.25) is 0 Å². The van der Waals surface area contributed by atoms with E-state index < -0.39 is 23.2 Å². The first-order chi connectivity index (χ1) is 13.4. The van der Waals surface area contributed by atoms with Crippen LogP contribution in [0.2, 0.25) is 0 Å². The van der Waals surface area contributed by atoms with Crippen molar-refractivity contribution in [2.45, 2.75) is 12.6 Å². The number of rotatable bonds is 3. The summed E-state index contributed by atoms with van der Waals surface area (Å²) in [5.74, 6) is -0.784. The molecular formula is C22H17F3N2O. The van der Waals surface area contributed by atoms with E-state index in [2.05, 4.69) is 16.3 Å². The number of carbonyl (C=O) groups is 1. The van der Waals surface area contributed by atoms with Gasteiger partial charge in [-0.1, -0.05) is 42.5 Å². The first kappa shape index (κ1) is 18.1.